The van der Waals surface area contributed by atoms with E-state index in [-0.39, 0.29) is 0 Å². The standard InChI is InChI=1S/C11H16ClN3/c1-3-7(2)13-11-14-9-6-4-5-8(9)10(12)15-11/h7H,3-6H2,1-2H3,(H,13,14,15). The number of nitrogens with zero attached hydrogens (tertiary/aromatic N) is 2. The molecule has 0 saturated carbocycles. The molecule has 1 aromatic rings. The van der Waals surface area contributed by atoms with Crippen molar-refractivity contribution in [3.05, 3.63) is 16.4 Å². The van der Waals surface area contributed by atoms with Gasteiger partial charge in [0.15, 0.2) is 0 Å². The van der Waals surface area contributed by atoms with Gasteiger partial charge in [-0.3, -0.25) is 0 Å². The SMILES string of the molecule is CCC(C)Nc1nc(Cl)c2c(n1)CCC2. The van der Waals surface area contributed by atoms with Gasteiger partial charge < -0.3 is 5.32 Å². The lowest BCUT2D eigenvalue weighted by Gasteiger charge is -2.12. The van der Waals surface area contributed by atoms with Crippen molar-refractivity contribution in [3.63, 3.8) is 0 Å². The Hall–Kier alpha value is -0.830. The highest BCUT2D eigenvalue weighted by atomic mass is 35.5. The highest BCUT2D eigenvalue weighted by molar-refractivity contribution is 6.30. The molecule has 0 fully saturated rings. The van der Waals surface area contributed by atoms with Crippen molar-refractivity contribution in [2.45, 2.75) is 45.6 Å². The molecule has 4 heteroatoms. The molecule has 0 aromatic carbocycles. The maximum Gasteiger partial charge on any atom is 0.224 e. The minimum atomic E-state index is 0.389. The number of aryl methyl sites for hydroxylation is 1. The molecule has 1 aromatic heterocycles. The average Bonchev–Trinajstić information content (AvgIpc) is 2.66. The van der Waals surface area contributed by atoms with Crippen LogP contribution < -0.4 is 5.32 Å². The molecule has 1 unspecified atom stereocenters. The molecule has 0 saturated heterocycles. The number of anilines is 1. The largest absolute Gasteiger partial charge is 0.352 e. The Labute approximate surface area is 95.3 Å². The van der Waals surface area contributed by atoms with E-state index in [4.69, 9.17) is 11.6 Å². The lowest BCUT2D eigenvalue weighted by Crippen LogP contribution is -2.16. The predicted molar refractivity (Wildman–Crippen MR) is 62.4 cm³/mol. The first kappa shape index (κ1) is 10.7. The third kappa shape index (κ3) is 2.23. The third-order valence-corrected chi connectivity index (χ3v) is 3.18. The first-order valence-electron chi connectivity index (χ1n) is 5.52. The second-order valence-corrected chi connectivity index (χ2v) is 4.43. The van der Waals surface area contributed by atoms with Crippen LogP contribution in [-0.2, 0) is 12.8 Å². The minimum absolute atomic E-state index is 0.389. The van der Waals surface area contributed by atoms with Crippen molar-refractivity contribution in [2.24, 2.45) is 0 Å². The van der Waals surface area contributed by atoms with E-state index in [2.05, 4.69) is 29.1 Å². The van der Waals surface area contributed by atoms with Gasteiger partial charge in [-0.25, -0.2) is 9.97 Å². The third-order valence-electron chi connectivity index (χ3n) is 2.87. The van der Waals surface area contributed by atoms with Crippen molar-refractivity contribution < 1.29 is 0 Å². The van der Waals surface area contributed by atoms with E-state index in [1.54, 1.807) is 0 Å². The number of fused-ring (bicyclic) bond motifs is 1. The van der Waals surface area contributed by atoms with Crippen LogP contribution in [0.5, 0.6) is 0 Å². The van der Waals surface area contributed by atoms with E-state index in [1.807, 2.05) is 0 Å². The van der Waals surface area contributed by atoms with Crippen molar-refractivity contribution in [1.82, 2.24) is 9.97 Å². The Kier molecular flexibility index (Phi) is 3.10. The van der Waals surface area contributed by atoms with Crippen molar-refractivity contribution in [3.8, 4) is 0 Å². The van der Waals surface area contributed by atoms with Gasteiger partial charge in [0.25, 0.3) is 0 Å². The summed E-state index contributed by atoms with van der Waals surface area (Å²) in [6, 6.07) is 0.389. The molecule has 2 rings (SSSR count). The summed E-state index contributed by atoms with van der Waals surface area (Å²) in [7, 11) is 0. The average molecular weight is 226 g/mol. The molecule has 0 spiro atoms. The van der Waals surface area contributed by atoms with Gasteiger partial charge in [0.05, 0.1) is 5.69 Å². The number of aromatic nitrogens is 2. The van der Waals surface area contributed by atoms with E-state index in [1.165, 1.54) is 0 Å². The lowest BCUT2D eigenvalue weighted by atomic mass is 10.2. The number of halogens is 1. The molecule has 0 bridgehead atoms. The molecular weight excluding hydrogens is 210 g/mol. The van der Waals surface area contributed by atoms with Gasteiger partial charge in [-0.05, 0) is 32.6 Å². The Bertz CT molecular complexity index is 365. The minimum Gasteiger partial charge on any atom is -0.352 e. The van der Waals surface area contributed by atoms with Crippen molar-refractivity contribution in [1.29, 1.82) is 0 Å². The van der Waals surface area contributed by atoms with E-state index in [0.717, 1.165) is 36.9 Å². The fourth-order valence-corrected chi connectivity index (χ4v) is 2.06. The Morgan fingerprint density at radius 2 is 2.20 bits per heavy atom. The highest BCUT2D eigenvalue weighted by Gasteiger charge is 2.18. The summed E-state index contributed by atoms with van der Waals surface area (Å²) >= 11 is 6.11. The molecular formula is C11H16ClN3. The van der Waals surface area contributed by atoms with Gasteiger partial charge in [-0.2, -0.15) is 0 Å². The molecule has 0 radical (unpaired) electrons. The Morgan fingerprint density at radius 3 is 2.93 bits per heavy atom. The van der Waals surface area contributed by atoms with Crippen LogP contribution in [0.4, 0.5) is 5.95 Å². The summed E-state index contributed by atoms with van der Waals surface area (Å²) in [5.74, 6) is 0.676. The van der Waals surface area contributed by atoms with Crippen LogP contribution in [0.25, 0.3) is 0 Å². The van der Waals surface area contributed by atoms with Gasteiger partial charge in [-0.15, -0.1) is 0 Å². The summed E-state index contributed by atoms with van der Waals surface area (Å²) in [6.45, 7) is 4.25. The first-order valence-corrected chi connectivity index (χ1v) is 5.90. The predicted octanol–water partition coefficient (Wildman–Crippen LogP) is 2.83. The zero-order valence-electron chi connectivity index (χ0n) is 9.18. The van der Waals surface area contributed by atoms with Crippen LogP contribution in [0, 0.1) is 0 Å². The topological polar surface area (TPSA) is 37.8 Å². The maximum atomic E-state index is 6.11. The summed E-state index contributed by atoms with van der Waals surface area (Å²) in [5.41, 5.74) is 2.27. The molecule has 1 aliphatic rings. The van der Waals surface area contributed by atoms with Crippen LogP contribution in [0.3, 0.4) is 0 Å². The van der Waals surface area contributed by atoms with Crippen LogP contribution in [-0.4, -0.2) is 16.0 Å². The van der Waals surface area contributed by atoms with Gasteiger partial charge in [0, 0.05) is 11.6 Å². The molecule has 1 atom stereocenters. The lowest BCUT2D eigenvalue weighted by molar-refractivity contribution is 0.750. The van der Waals surface area contributed by atoms with E-state index in [9.17, 15) is 0 Å². The normalized spacial score (nSPS) is 16.2. The van der Waals surface area contributed by atoms with Crippen molar-refractivity contribution in [2.75, 3.05) is 5.32 Å². The fourth-order valence-electron chi connectivity index (χ4n) is 1.77. The maximum absolute atomic E-state index is 6.11. The zero-order chi connectivity index (χ0) is 10.8. The van der Waals surface area contributed by atoms with Crippen LogP contribution in [0.1, 0.15) is 37.9 Å². The van der Waals surface area contributed by atoms with E-state index in [0.29, 0.717) is 17.1 Å². The molecule has 3 nitrogen and oxygen atoms in total. The Morgan fingerprint density at radius 1 is 1.40 bits per heavy atom. The van der Waals surface area contributed by atoms with E-state index < -0.39 is 0 Å². The molecule has 1 N–H and O–H groups in total. The van der Waals surface area contributed by atoms with Crippen molar-refractivity contribution >= 4 is 17.5 Å². The van der Waals surface area contributed by atoms with Gasteiger partial charge in [-0.1, -0.05) is 18.5 Å². The number of hydrogen-bond donors (Lipinski definition) is 1. The molecule has 0 amide bonds. The van der Waals surface area contributed by atoms with E-state index >= 15 is 0 Å². The summed E-state index contributed by atoms with van der Waals surface area (Å²) in [4.78, 5) is 8.77. The molecule has 15 heavy (non-hydrogen) atoms. The number of hydrogen-bond acceptors (Lipinski definition) is 3. The summed E-state index contributed by atoms with van der Waals surface area (Å²) in [6.07, 6.45) is 4.26. The smallest absolute Gasteiger partial charge is 0.224 e. The van der Waals surface area contributed by atoms with Crippen LogP contribution >= 0.6 is 11.6 Å². The van der Waals surface area contributed by atoms with Gasteiger partial charge in [0.2, 0.25) is 5.95 Å². The van der Waals surface area contributed by atoms with Crippen LogP contribution in [0.15, 0.2) is 0 Å². The second kappa shape index (κ2) is 4.35. The number of nitrogens with one attached hydrogen (secondary N) is 1. The fraction of sp³-hybridized carbons (Fsp3) is 0.636. The molecule has 1 aliphatic carbocycles. The second-order valence-electron chi connectivity index (χ2n) is 4.07. The Balaban J connectivity index is 2.23. The zero-order valence-corrected chi connectivity index (χ0v) is 9.93. The van der Waals surface area contributed by atoms with Crippen LogP contribution in [0.2, 0.25) is 5.15 Å². The quantitative estimate of drug-likeness (QED) is 0.804. The highest BCUT2D eigenvalue weighted by Crippen LogP contribution is 2.27. The monoisotopic (exact) mass is 225 g/mol. The van der Waals surface area contributed by atoms with Gasteiger partial charge >= 0.3 is 0 Å². The molecule has 0 aliphatic heterocycles. The number of rotatable bonds is 3. The van der Waals surface area contributed by atoms with Gasteiger partial charge in [0.1, 0.15) is 5.15 Å². The molecule has 1 heterocycles. The first-order chi connectivity index (χ1) is 7.20. The molecule has 82 valence electrons. The summed E-state index contributed by atoms with van der Waals surface area (Å²) < 4.78 is 0. The summed E-state index contributed by atoms with van der Waals surface area (Å²) in [5, 5.41) is 3.88.